The molecule has 1 N–H and O–H groups in total. The molecular formula is C27H40N6O4. The van der Waals surface area contributed by atoms with Gasteiger partial charge in [0.25, 0.3) is 0 Å². The average Bonchev–Trinajstić information content (AvgIpc) is 3.27. The summed E-state index contributed by atoms with van der Waals surface area (Å²) in [6, 6.07) is 3.87. The number of ether oxygens (including phenoxy) is 3. The Morgan fingerprint density at radius 2 is 1.95 bits per heavy atom. The van der Waals surface area contributed by atoms with Crippen LogP contribution >= 0.6 is 0 Å². The zero-order valence-electron chi connectivity index (χ0n) is 22.6. The van der Waals surface area contributed by atoms with E-state index in [1.807, 2.05) is 23.5 Å². The Labute approximate surface area is 218 Å². The van der Waals surface area contributed by atoms with Gasteiger partial charge in [-0.05, 0) is 25.7 Å². The zero-order chi connectivity index (χ0) is 26.2. The standard InChI is InChI=1S/C27H40N6O4/c1-19(2)16-21(34)8-6-5-7-9-28-26-27-31-30-20(3)33(27)23-18-24(35-4)25(17-22(23)29-26)37-15-12-32-10-13-36-14-11-32/h17-19H,5-16H2,1-4H3,(H,28,29). The summed E-state index contributed by atoms with van der Waals surface area (Å²) in [5.41, 5.74) is 2.32. The number of fused-ring (bicyclic) bond motifs is 3. The van der Waals surface area contributed by atoms with Crippen LogP contribution in [0.15, 0.2) is 12.1 Å². The van der Waals surface area contributed by atoms with Gasteiger partial charge in [-0.15, -0.1) is 10.2 Å². The smallest absolute Gasteiger partial charge is 0.204 e. The quantitative estimate of drug-likeness (QED) is 0.322. The van der Waals surface area contributed by atoms with Gasteiger partial charge in [-0.2, -0.15) is 0 Å². The van der Waals surface area contributed by atoms with Gasteiger partial charge in [0.15, 0.2) is 17.3 Å². The molecule has 1 aliphatic heterocycles. The number of hydrogen-bond donors (Lipinski definition) is 1. The maximum absolute atomic E-state index is 11.9. The fourth-order valence-corrected chi connectivity index (χ4v) is 4.67. The number of anilines is 1. The van der Waals surface area contributed by atoms with Crippen LogP contribution < -0.4 is 14.8 Å². The highest BCUT2D eigenvalue weighted by atomic mass is 16.5. The molecule has 0 spiro atoms. The van der Waals surface area contributed by atoms with Crippen LogP contribution in [0.4, 0.5) is 5.82 Å². The lowest BCUT2D eigenvalue weighted by molar-refractivity contribution is -0.119. The Balaban J connectivity index is 1.44. The van der Waals surface area contributed by atoms with Gasteiger partial charge < -0.3 is 19.5 Å². The number of hydrogen-bond acceptors (Lipinski definition) is 9. The molecule has 3 aromatic rings. The van der Waals surface area contributed by atoms with Gasteiger partial charge in [-0.1, -0.05) is 20.3 Å². The fraction of sp³-hybridized carbons (Fsp3) is 0.630. The maximum Gasteiger partial charge on any atom is 0.204 e. The van der Waals surface area contributed by atoms with E-state index in [-0.39, 0.29) is 0 Å². The first-order chi connectivity index (χ1) is 18.0. The molecule has 0 bridgehead atoms. The van der Waals surface area contributed by atoms with Crippen molar-refractivity contribution in [3.8, 4) is 11.5 Å². The summed E-state index contributed by atoms with van der Waals surface area (Å²) in [5.74, 6) is 3.57. The van der Waals surface area contributed by atoms with E-state index in [4.69, 9.17) is 19.2 Å². The van der Waals surface area contributed by atoms with Gasteiger partial charge in [0.1, 0.15) is 18.2 Å². The minimum absolute atomic E-state index is 0.359. The number of morpholine rings is 1. The van der Waals surface area contributed by atoms with Crippen LogP contribution in [0, 0.1) is 12.8 Å². The van der Waals surface area contributed by atoms with Crippen molar-refractivity contribution in [2.75, 3.05) is 58.4 Å². The molecule has 2 aromatic heterocycles. The molecule has 0 aliphatic carbocycles. The number of ketones is 1. The van der Waals surface area contributed by atoms with Gasteiger partial charge in [0.05, 0.1) is 31.4 Å². The summed E-state index contributed by atoms with van der Waals surface area (Å²) >= 11 is 0. The molecule has 37 heavy (non-hydrogen) atoms. The van der Waals surface area contributed by atoms with E-state index in [0.29, 0.717) is 54.1 Å². The van der Waals surface area contributed by atoms with E-state index in [0.717, 1.165) is 75.5 Å². The number of benzene rings is 1. The Morgan fingerprint density at radius 3 is 2.70 bits per heavy atom. The lowest BCUT2D eigenvalue weighted by Gasteiger charge is -2.26. The topological polar surface area (TPSA) is 103 Å². The molecule has 10 nitrogen and oxygen atoms in total. The van der Waals surface area contributed by atoms with E-state index >= 15 is 0 Å². The van der Waals surface area contributed by atoms with Crippen molar-refractivity contribution in [1.82, 2.24) is 24.5 Å². The molecule has 0 radical (unpaired) electrons. The monoisotopic (exact) mass is 512 g/mol. The van der Waals surface area contributed by atoms with Crippen LogP contribution in [0.1, 0.15) is 51.8 Å². The molecule has 1 aromatic carbocycles. The Bertz CT molecular complexity index is 1190. The zero-order valence-corrected chi connectivity index (χ0v) is 22.6. The van der Waals surface area contributed by atoms with Crippen LogP contribution in [0.3, 0.4) is 0 Å². The molecule has 1 fully saturated rings. The number of methoxy groups -OCH3 is 1. The number of Topliss-reactive ketones (excluding diaryl/α,β-unsaturated/α-hetero) is 1. The van der Waals surface area contributed by atoms with Gasteiger partial charge in [-0.25, -0.2) is 4.98 Å². The SMILES string of the molecule is COc1cc2c(cc1OCCN1CCOCC1)nc(NCCCCCC(=O)CC(C)C)c1nnc(C)n12. The Morgan fingerprint density at radius 1 is 1.14 bits per heavy atom. The van der Waals surface area contributed by atoms with E-state index in [2.05, 4.69) is 34.3 Å². The van der Waals surface area contributed by atoms with Gasteiger partial charge in [0, 0.05) is 51.2 Å². The summed E-state index contributed by atoms with van der Waals surface area (Å²) in [4.78, 5) is 19.1. The second-order valence-electron chi connectivity index (χ2n) is 10.0. The van der Waals surface area contributed by atoms with Crippen molar-refractivity contribution >= 4 is 28.3 Å². The summed E-state index contributed by atoms with van der Waals surface area (Å²) in [6.45, 7) is 11.6. The van der Waals surface area contributed by atoms with Crippen LogP contribution in [-0.4, -0.2) is 83.4 Å². The fourth-order valence-electron chi connectivity index (χ4n) is 4.67. The Hall–Kier alpha value is -2.98. The van der Waals surface area contributed by atoms with E-state index in [9.17, 15) is 4.79 Å². The van der Waals surface area contributed by atoms with Crippen molar-refractivity contribution in [2.24, 2.45) is 5.92 Å². The van der Waals surface area contributed by atoms with Crippen LogP contribution in [0.25, 0.3) is 16.7 Å². The summed E-state index contributed by atoms with van der Waals surface area (Å²) < 4.78 is 19.2. The number of carbonyl (C=O) groups excluding carboxylic acids is 1. The first-order valence-corrected chi connectivity index (χ1v) is 13.4. The second kappa shape index (κ2) is 13.0. The van der Waals surface area contributed by atoms with E-state index < -0.39 is 0 Å². The normalized spacial score (nSPS) is 14.5. The molecule has 3 heterocycles. The van der Waals surface area contributed by atoms with Gasteiger partial charge >= 0.3 is 0 Å². The number of aryl methyl sites for hydroxylation is 1. The minimum atomic E-state index is 0.359. The number of carbonyl (C=O) groups is 1. The Kier molecular flexibility index (Phi) is 9.51. The molecule has 1 aliphatic rings. The molecule has 10 heteroatoms. The molecule has 0 atom stereocenters. The molecule has 1 saturated heterocycles. The molecule has 202 valence electrons. The van der Waals surface area contributed by atoms with Gasteiger partial charge in [-0.3, -0.25) is 14.1 Å². The predicted octanol–water partition coefficient (Wildman–Crippen LogP) is 3.89. The third-order valence-corrected chi connectivity index (χ3v) is 6.60. The van der Waals surface area contributed by atoms with Crippen LogP contribution in [0.5, 0.6) is 11.5 Å². The number of rotatable bonds is 14. The number of nitrogens with zero attached hydrogens (tertiary/aromatic N) is 5. The molecule has 4 rings (SSSR count). The number of nitrogens with one attached hydrogen (secondary N) is 1. The third-order valence-electron chi connectivity index (χ3n) is 6.60. The first kappa shape index (κ1) is 27.1. The second-order valence-corrected chi connectivity index (χ2v) is 10.0. The highest BCUT2D eigenvalue weighted by Gasteiger charge is 2.17. The molecule has 0 amide bonds. The van der Waals surface area contributed by atoms with E-state index in [1.54, 1.807) is 7.11 Å². The van der Waals surface area contributed by atoms with Crippen molar-refractivity contribution in [2.45, 2.75) is 52.9 Å². The predicted molar refractivity (Wildman–Crippen MR) is 144 cm³/mol. The number of aromatic nitrogens is 4. The lowest BCUT2D eigenvalue weighted by Crippen LogP contribution is -2.38. The van der Waals surface area contributed by atoms with Crippen molar-refractivity contribution in [3.63, 3.8) is 0 Å². The average molecular weight is 513 g/mol. The molecule has 0 unspecified atom stereocenters. The number of unbranched alkanes of at least 4 members (excludes halogenated alkanes) is 2. The first-order valence-electron chi connectivity index (χ1n) is 13.4. The van der Waals surface area contributed by atoms with Crippen LogP contribution in [0.2, 0.25) is 0 Å². The maximum atomic E-state index is 11.9. The molecular weight excluding hydrogens is 472 g/mol. The van der Waals surface area contributed by atoms with Crippen molar-refractivity contribution < 1.29 is 19.0 Å². The van der Waals surface area contributed by atoms with Gasteiger partial charge in [0.2, 0.25) is 5.65 Å². The highest BCUT2D eigenvalue weighted by Crippen LogP contribution is 2.33. The van der Waals surface area contributed by atoms with E-state index in [1.165, 1.54) is 0 Å². The van der Waals surface area contributed by atoms with Crippen molar-refractivity contribution in [3.05, 3.63) is 18.0 Å². The summed E-state index contributed by atoms with van der Waals surface area (Å²) in [5, 5.41) is 12.1. The van der Waals surface area contributed by atoms with Crippen molar-refractivity contribution in [1.29, 1.82) is 0 Å². The largest absolute Gasteiger partial charge is 0.493 e. The third kappa shape index (κ3) is 7.07. The summed E-state index contributed by atoms with van der Waals surface area (Å²) in [6.07, 6.45) is 4.20. The van der Waals surface area contributed by atoms with Crippen LogP contribution in [-0.2, 0) is 9.53 Å². The molecule has 0 saturated carbocycles. The lowest BCUT2D eigenvalue weighted by atomic mass is 10.0. The highest BCUT2D eigenvalue weighted by molar-refractivity contribution is 5.86. The minimum Gasteiger partial charge on any atom is -0.493 e. The summed E-state index contributed by atoms with van der Waals surface area (Å²) in [7, 11) is 1.64.